The number of hydrogen-bond donors (Lipinski definition) is 2. The summed E-state index contributed by atoms with van der Waals surface area (Å²) in [5, 5.41) is 11.9. The molecule has 5 nitrogen and oxygen atoms in total. The van der Waals surface area contributed by atoms with Crippen molar-refractivity contribution in [1.82, 2.24) is 5.32 Å². The fraction of sp³-hybridized carbons (Fsp3) is 0.429. The number of rotatable bonds is 6. The molecule has 20 heavy (non-hydrogen) atoms. The molecule has 1 aromatic carbocycles. The maximum absolute atomic E-state index is 12.0. The zero-order valence-corrected chi connectivity index (χ0v) is 12.4. The molecular formula is C14H18ClNO4. The molecule has 2 N–H and O–H groups in total. The quantitative estimate of drug-likeness (QED) is 0.845. The van der Waals surface area contributed by atoms with Crippen molar-refractivity contribution in [3.05, 3.63) is 29.3 Å². The topological polar surface area (TPSA) is 75.6 Å². The van der Waals surface area contributed by atoms with Crippen LogP contribution in [0.4, 0.5) is 0 Å². The van der Waals surface area contributed by atoms with Gasteiger partial charge in [-0.15, -0.1) is 0 Å². The van der Waals surface area contributed by atoms with Crippen LogP contribution in [0.25, 0.3) is 0 Å². The van der Waals surface area contributed by atoms with Gasteiger partial charge < -0.3 is 15.2 Å². The molecule has 1 amide bonds. The van der Waals surface area contributed by atoms with Crippen LogP contribution in [0.15, 0.2) is 24.3 Å². The predicted octanol–water partition coefficient (Wildman–Crippen LogP) is 2.33. The van der Waals surface area contributed by atoms with Crippen molar-refractivity contribution in [2.75, 3.05) is 6.54 Å². The Morgan fingerprint density at radius 1 is 1.35 bits per heavy atom. The Morgan fingerprint density at radius 2 is 1.90 bits per heavy atom. The Hall–Kier alpha value is -1.75. The molecule has 0 aliphatic heterocycles. The normalized spacial score (nSPS) is 12.6. The van der Waals surface area contributed by atoms with E-state index in [0.717, 1.165) is 0 Å². The van der Waals surface area contributed by atoms with Gasteiger partial charge in [0.2, 0.25) is 0 Å². The van der Waals surface area contributed by atoms with Crippen molar-refractivity contribution in [2.24, 2.45) is 5.92 Å². The van der Waals surface area contributed by atoms with Crippen molar-refractivity contribution >= 4 is 23.5 Å². The van der Waals surface area contributed by atoms with Crippen molar-refractivity contribution in [3.63, 3.8) is 0 Å². The Bertz CT molecular complexity index is 484. The van der Waals surface area contributed by atoms with Crippen LogP contribution in [0, 0.1) is 5.92 Å². The van der Waals surface area contributed by atoms with Crippen molar-refractivity contribution in [2.45, 2.75) is 26.4 Å². The van der Waals surface area contributed by atoms with Gasteiger partial charge in [-0.05, 0) is 38.1 Å². The molecule has 6 heteroatoms. The van der Waals surface area contributed by atoms with E-state index in [1.165, 1.54) is 6.92 Å². The average molecular weight is 300 g/mol. The van der Waals surface area contributed by atoms with E-state index in [2.05, 4.69) is 5.32 Å². The van der Waals surface area contributed by atoms with Crippen LogP contribution in [0.2, 0.25) is 5.02 Å². The summed E-state index contributed by atoms with van der Waals surface area (Å²) in [5.74, 6) is -1.46. The third-order valence-electron chi connectivity index (χ3n) is 2.72. The number of carboxylic acid groups (broad SMARTS) is 1. The second-order valence-electron chi connectivity index (χ2n) is 5.02. The minimum Gasteiger partial charge on any atom is -0.481 e. The van der Waals surface area contributed by atoms with Gasteiger partial charge in [0.1, 0.15) is 5.75 Å². The number of hydrogen-bond acceptors (Lipinski definition) is 3. The second-order valence-corrected chi connectivity index (χ2v) is 5.45. The Kier molecular flexibility index (Phi) is 5.39. The minimum absolute atomic E-state index is 0.0571. The largest absolute Gasteiger partial charge is 0.481 e. The molecule has 0 aliphatic carbocycles. The Balaban J connectivity index is 2.61. The lowest BCUT2D eigenvalue weighted by Gasteiger charge is -2.25. The highest BCUT2D eigenvalue weighted by molar-refractivity contribution is 6.30. The van der Waals surface area contributed by atoms with Crippen LogP contribution in [0.5, 0.6) is 5.75 Å². The number of nitrogens with one attached hydrogen (secondary N) is 1. The number of halogens is 1. The van der Waals surface area contributed by atoms with Crippen molar-refractivity contribution in [3.8, 4) is 5.75 Å². The van der Waals surface area contributed by atoms with Gasteiger partial charge in [-0.1, -0.05) is 18.5 Å². The van der Waals surface area contributed by atoms with Crippen LogP contribution in [0.3, 0.4) is 0 Å². The molecule has 0 saturated carbocycles. The minimum atomic E-state index is -1.11. The molecule has 0 fully saturated rings. The first-order valence-corrected chi connectivity index (χ1v) is 6.56. The number of carboxylic acids is 1. The lowest BCUT2D eigenvalue weighted by molar-refractivity contribution is -0.141. The summed E-state index contributed by atoms with van der Waals surface area (Å²) >= 11 is 5.77. The maximum Gasteiger partial charge on any atom is 0.308 e. The predicted molar refractivity (Wildman–Crippen MR) is 76.0 cm³/mol. The number of benzene rings is 1. The van der Waals surface area contributed by atoms with Crippen LogP contribution < -0.4 is 10.1 Å². The van der Waals surface area contributed by atoms with Gasteiger partial charge >= 0.3 is 5.97 Å². The first-order chi connectivity index (χ1) is 9.22. The molecule has 1 atom stereocenters. The summed E-state index contributed by atoms with van der Waals surface area (Å²) in [6.45, 7) is 4.81. The van der Waals surface area contributed by atoms with E-state index in [1.807, 2.05) is 0 Å². The number of ether oxygens (including phenoxy) is 1. The second kappa shape index (κ2) is 6.61. The Labute approximate surface area is 122 Å². The van der Waals surface area contributed by atoms with Gasteiger partial charge in [0.25, 0.3) is 5.91 Å². The van der Waals surface area contributed by atoms with Gasteiger partial charge in [0, 0.05) is 11.6 Å². The van der Waals surface area contributed by atoms with Gasteiger partial charge in [0.15, 0.2) is 5.60 Å². The summed E-state index contributed by atoms with van der Waals surface area (Å²) in [5.41, 5.74) is -1.11. The van der Waals surface area contributed by atoms with Crippen LogP contribution in [-0.2, 0) is 9.59 Å². The molecule has 0 spiro atoms. The van der Waals surface area contributed by atoms with Gasteiger partial charge in [-0.3, -0.25) is 9.59 Å². The van der Waals surface area contributed by atoms with Crippen molar-refractivity contribution in [1.29, 1.82) is 0 Å². The zero-order valence-electron chi connectivity index (χ0n) is 11.6. The lowest BCUT2D eigenvalue weighted by atomic mass is 10.1. The summed E-state index contributed by atoms with van der Waals surface area (Å²) < 4.78 is 5.59. The van der Waals surface area contributed by atoms with E-state index in [-0.39, 0.29) is 12.5 Å². The first-order valence-electron chi connectivity index (χ1n) is 6.18. The van der Waals surface area contributed by atoms with Gasteiger partial charge in [-0.2, -0.15) is 0 Å². The molecule has 0 aliphatic rings. The van der Waals surface area contributed by atoms with E-state index in [4.69, 9.17) is 21.4 Å². The summed E-state index contributed by atoms with van der Waals surface area (Å²) in [7, 11) is 0. The standard InChI is InChI=1S/C14H18ClNO4/c1-9(12(17)18)8-16-13(19)14(2,3)20-11-6-4-10(15)5-7-11/h4-7,9H,8H2,1-3H3,(H,16,19)(H,17,18)/t9-/m1/s1. The third-order valence-corrected chi connectivity index (χ3v) is 2.98. The van der Waals surface area contributed by atoms with Gasteiger partial charge in [-0.25, -0.2) is 0 Å². The summed E-state index contributed by atoms with van der Waals surface area (Å²) in [6, 6.07) is 6.66. The summed E-state index contributed by atoms with van der Waals surface area (Å²) in [6.07, 6.45) is 0. The average Bonchev–Trinajstić information content (AvgIpc) is 2.37. The molecule has 1 rings (SSSR count). The van der Waals surface area contributed by atoms with E-state index in [9.17, 15) is 9.59 Å². The van der Waals surface area contributed by atoms with Crippen LogP contribution >= 0.6 is 11.6 Å². The van der Waals surface area contributed by atoms with Gasteiger partial charge in [0.05, 0.1) is 5.92 Å². The third kappa shape index (κ3) is 4.74. The SMILES string of the molecule is C[C@H](CNC(=O)C(C)(C)Oc1ccc(Cl)cc1)C(=O)O. The molecule has 0 radical (unpaired) electrons. The fourth-order valence-electron chi connectivity index (χ4n) is 1.39. The highest BCUT2D eigenvalue weighted by atomic mass is 35.5. The molecular weight excluding hydrogens is 282 g/mol. The van der Waals surface area contributed by atoms with Crippen LogP contribution in [0.1, 0.15) is 20.8 Å². The highest BCUT2D eigenvalue weighted by Crippen LogP contribution is 2.21. The molecule has 0 saturated heterocycles. The molecule has 0 heterocycles. The number of aliphatic carboxylic acids is 1. The smallest absolute Gasteiger partial charge is 0.308 e. The lowest BCUT2D eigenvalue weighted by Crippen LogP contribution is -2.48. The highest BCUT2D eigenvalue weighted by Gasteiger charge is 2.30. The monoisotopic (exact) mass is 299 g/mol. The number of carbonyl (C=O) groups excluding carboxylic acids is 1. The van der Waals surface area contributed by atoms with E-state index >= 15 is 0 Å². The molecule has 0 aromatic heterocycles. The molecule has 1 aromatic rings. The molecule has 110 valence electrons. The van der Waals surface area contributed by atoms with Crippen LogP contribution in [-0.4, -0.2) is 29.1 Å². The van der Waals surface area contributed by atoms with Crippen molar-refractivity contribution < 1.29 is 19.4 Å². The van der Waals surface area contributed by atoms with E-state index in [1.54, 1.807) is 38.1 Å². The molecule has 0 bridgehead atoms. The fourth-order valence-corrected chi connectivity index (χ4v) is 1.52. The first kappa shape index (κ1) is 16.3. The molecule has 0 unspecified atom stereocenters. The summed E-state index contributed by atoms with van der Waals surface area (Å²) in [4.78, 5) is 22.7. The number of carbonyl (C=O) groups is 2. The van der Waals surface area contributed by atoms with E-state index in [0.29, 0.717) is 10.8 Å². The Morgan fingerprint density at radius 3 is 2.40 bits per heavy atom. The number of amides is 1. The maximum atomic E-state index is 12.0. The van der Waals surface area contributed by atoms with E-state index < -0.39 is 17.5 Å². The zero-order chi connectivity index (χ0) is 15.3.